The lowest BCUT2D eigenvalue weighted by molar-refractivity contribution is -0.119. The first-order valence-electron chi connectivity index (χ1n) is 12.0. The highest BCUT2D eigenvalue weighted by Crippen LogP contribution is 2.49. The number of ether oxygens (including phenoxy) is 2. The maximum atomic E-state index is 13.4. The number of aromatic nitrogens is 1. The quantitative estimate of drug-likeness (QED) is 0.479. The number of benzene rings is 2. The predicted molar refractivity (Wildman–Crippen MR) is 134 cm³/mol. The van der Waals surface area contributed by atoms with E-state index >= 15 is 0 Å². The van der Waals surface area contributed by atoms with Gasteiger partial charge in [0.2, 0.25) is 5.88 Å². The van der Waals surface area contributed by atoms with Crippen molar-refractivity contribution < 1.29 is 14.3 Å². The van der Waals surface area contributed by atoms with Crippen LogP contribution in [0.25, 0.3) is 10.9 Å². The molecule has 35 heavy (non-hydrogen) atoms. The molecule has 2 heterocycles. The number of rotatable bonds is 6. The Hall–Kier alpha value is -3.98. The minimum Gasteiger partial charge on any atom is -0.494 e. The van der Waals surface area contributed by atoms with Crippen LogP contribution >= 0.6 is 0 Å². The fraction of sp³-hybridized carbons (Fsp3) is 0.310. The van der Waals surface area contributed by atoms with Gasteiger partial charge in [0, 0.05) is 42.1 Å². The van der Waals surface area contributed by atoms with Crippen LogP contribution in [0.3, 0.4) is 0 Å². The number of allylic oxidation sites excluding steroid dienone is 3. The molecule has 1 unspecified atom stereocenters. The van der Waals surface area contributed by atoms with Gasteiger partial charge in [-0.2, -0.15) is 5.26 Å². The molecule has 0 saturated heterocycles. The van der Waals surface area contributed by atoms with Gasteiger partial charge in [-0.05, 0) is 35.6 Å². The molecule has 0 spiro atoms. The van der Waals surface area contributed by atoms with Crippen molar-refractivity contribution in [3.05, 3.63) is 89.1 Å². The number of para-hydroxylation sites is 2. The molecule has 1 atom stereocenters. The van der Waals surface area contributed by atoms with Crippen LogP contribution in [0, 0.1) is 16.7 Å². The zero-order chi connectivity index (χ0) is 24.6. The Balaban J connectivity index is 1.51. The molecule has 0 amide bonds. The maximum absolute atomic E-state index is 13.4. The Morgan fingerprint density at radius 1 is 1.14 bits per heavy atom. The third-order valence-corrected chi connectivity index (χ3v) is 6.76. The number of nitriles is 1. The number of aryl methyl sites for hydroxylation is 1. The molecule has 0 bridgehead atoms. The van der Waals surface area contributed by atoms with Crippen molar-refractivity contribution in [3.8, 4) is 11.8 Å². The van der Waals surface area contributed by atoms with E-state index < -0.39 is 5.92 Å². The summed E-state index contributed by atoms with van der Waals surface area (Å²) in [7, 11) is 0. The average Bonchev–Trinajstić information content (AvgIpc) is 3.19. The van der Waals surface area contributed by atoms with Gasteiger partial charge in [-0.25, -0.2) is 0 Å². The fourth-order valence-corrected chi connectivity index (χ4v) is 5.23. The number of nitrogens with two attached hydrogens (primary N) is 1. The Morgan fingerprint density at radius 3 is 2.66 bits per heavy atom. The summed E-state index contributed by atoms with van der Waals surface area (Å²) in [6, 6.07) is 20.1. The maximum Gasteiger partial charge on any atom is 0.205 e. The summed E-state index contributed by atoms with van der Waals surface area (Å²) in [5.41, 5.74) is 8.85. The minimum atomic E-state index is -0.529. The zero-order valence-corrected chi connectivity index (χ0v) is 20.1. The molecule has 2 aliphatic rings. The van der Waals surface area contributed by atoms with Crippen LogP contribution in [0.5, 0.6) is 5.75 Å². The number of hydrogen-bond donors (Lipinski definition) is 1. The summed E-state index contributed by atoms with van der Waals surface area (Å²) in [4.78, 5) is 13.4. The predicted octanol–water partition coefficient (Wildman–Crippen LogP) is 5.56. The number of fused-ring (bicyclic) bond motifs is 1. The van der Waals surface area contributed by atoms with Gasteiger partial charge in [-0.1, -0.05) is 50.2 Å². The molecule has 6 heteroatoms. The van der Waals surface area contributed by atoms with Crippen LogP contribution in [-0.2, 0) is 16.1 Å². The first-order chi connectivity index (χ1) is 16.9. The van der Waals surface area contributed by atoms with Crippen molar-refractivity contribution in [1.29, 1.82) is 5.26 Å². The van der Waals surface area contributed by atoms with Crippen molar-refractivity contribution in [1.82, 2.24) is 4.57 Å². The number of nitrogens with zero attached hydrogens (tertiary/aromatic N) is 2. The van der Waals surface area contributed by atoms with Crippen molar-refractivity contribution in [2.75, 3.05) is 6.61 Å². The van der Waals surface area contributed by atoms with E-state index in [0.29, 0.717) is 36.4 Å². The molecule has 2 aromatic carbocycles. The van der Waals surface area contributed by atoms with Crippen LogP contribution in [-0.4, -0.2) is 17.0 Å². The van der Waals surface area contributed by atoms with Crippen LogP contribution in [0.4, 0.5) is 0 Å². The van der Waals surface area contributed by atoms with E-state index in [9.17, 15) is 10.1 Å². The Bertz CT molecular complexity index is 1390. The summed E-state index contributed by atoms with van der Waals surface area (Å²) >= 11 is 0. The first-order valence-corrected chi connectivity index (χ1v) is 12.0. The highest BCUT2D eigenvalue weighted by atomic mass is 16.5. The normalized spacial score (nSPS) is 19.3. The van der Waals surface area contributed by atoms with Crippen molar-refractivity contribution >= 4 is 16.7 Å². The fourth-order valence-electron chi connectivity index (χ4n) is 5.23. The lowest BCUT2D eigenvalue weighted by Crippen LogP contribution is -2.33. The van der Waals surface area contributed by atoms with E-state index in [-0.39, 0.29) is 17.1 Å². The molecule has 0 fully saturated rings. The second-order valence-corrected chi connectivity index (χ2v) is 10.0. The van der Waals surface area contributed by atoms with Gasteiger partial charge in [-0.15, -0.1) is 0 Å². The van der Waals surface area contributed by atoms with Crippen LogP contribution in [0.2, 0.25) is 0 Å². The number of ketones is 1. The number of carbonyl (C=O) groups excluding carboxylic acids is 1. The Labute approximate surface area is 205 Å². The van der Waals surface area contributed by atoms with E-state index in [4.69, 9.17) is 15.2 Å². The second-order valence-electron chi connectivity index (χ2n) is 10.0. The lowest BCUT2D eigenvalue weighted by Gasteiger charge is -2.37. The molecule has 0 radical (unpaired) electrons. The van der Waals surface area contributed by atoms with Crippen LogP contribution in [0.1, 0.15) is 44.6 Å². The topological polar surface area (TPSA) is 90.3 Å². The van der Waals surface area contributed by atoms with E-state index in [1.54, 1.807) is 0 Å². The standard InChI is InChI=1S/C29H29N3O3/c1-29(2)15-24(33)27-25(16-29)35-28(31)21(17-30)26(27)22-18-32(23-12-7-6-11-20(22)23)13-8-14-34-19-9-4-3-5-10-19/h3-7,9-12,18,26H,8,13-16,31H2,1-2H3. The van der Waals surface area contributed by atoms with Gasteiger partial charge >= 0.3 is 0 Å². The van der Waals surface area contributed by atoms with Crippen molar-refractivity contribution in [3.63, 3.8) is 0 Å². The van der Waals surface area contributed by atoms with E-state index in [2.05, 4.69) is 36.7 Å². The van der Waals surface area contributed by atoms with E-state index in [1.165, 1.54) is 0 Å². The summed E-state index contributed by atoms with van der Waals surface area (Å²) in [5, 5.41) is 11.0. The Kier molecular flexibility index (Phi) is 5.86. The molecule has 2 N–H and O–H groups in total. The molecule has 1 aromatic heterocycles. The molecule has 5 rings (SSSR count). The third kappa shape index (κ3) is 4.30. The minimum absolute atomic E-state index is 0.0228. The molecule has 3 aromatic rings. The van der Waals surface area contributed by atoms with Gasteiger partial charge in [0.25, 0.3) is 0 Å². The average molecular weight is 468 g/mol. The largest absolute Gasteiger partial charge is 0.494 e. The number of hydrogen-bond acceptors (Lipinski definition) is 5. The van der Waals surface area contributed by atoms with Crippen LogP contribution < -0.4 is 10.5 Å². The van der Waals surface area contributed by atoms with Gasteiger partial charge < -0.3 is 19.8 Å². The molecule has 1 aliphatic carbocycles. The molecule has 1 aliphatic heterocycles. The van der Waals surface area contributed by atoms with Gasteiger partial charge in [0.1, 0.15) is 23.2 Å². The summed E-state index contributed by atoms with van der Waals surface area (Å²) in [6.07, 6.45) is 3.90. The van der Waals surface area contributed by atoms with Gasteiger partial charge in [-0.3, -0.25) is 4.79 Å². The molecular weight excluding hydrogens is 438 g/mol. The monoisotopic (exact) mass is 467 g/mol. The highest BCUT2D eigenvalue weighted by Gasteiger charge is 2.43. The molecule has 6 nitrogen and oxygen atoms in total. The zero-order valence-electron chi connectivity index (χ0n) is 20.1. The second kappa shape index (κ2) is 8.99. The highest BCUT2D eigenvalue weighted by molar-refractivity contribution is 6.01. The SMILES string of the molecule is CC1(C)CC(=O)C2=C(C1)OC(N)=C(C#N)C2c1cn(CCCOc2ccccc2)c2ccccc12. The number of carbonyl (C=O) groups is 1. The van der Waals surface area contributed by atoms with Gasteiger partial charge in [0.05, 0.1) is 12.5 Å². The van der Waals surface area contributed by atoms with Crippen molar-refractivity contribution in [2.24, 2.45) is 11.1 Å². The van der Waals surface area contributed by atoms with Crippen LogP contribution in [0.15, 0.2) is 83.6 Å². The van der Waals surface area contributed by atoms with Gasteiger partial charge in [0.15, 0.2) is 5.78 Å². The molecule has 178 valence electrons. The summed E-state index contributed by atoms with van der Waals surface area (Å²) in [6.45, 7) is 5.43. The number of Topliss-reactive ketones (excluding diaryl/α,β-unsaturated/α-hetero) is 1. The summed E-state index contributed by atoms with van der Waals surface area (Å²) < 4.78 is 13.9. The van der Waals surface area contributed by atoms with E-state index in [0.717, 1.165) is 35.2 Å². The third-order valence-electron chi connectivity index (χ3n) is 6.76. The lowest BCUT2D eigenvalue weighted by atomic mass is 9.70. The Morgan fingerprint density at radius 2 is 1.89 bits per heavy atom. The smallest absolute Gasteiger partial charge is 0.205 e. The summed E-state index contributed by atoms with van der Waals surface area (Å²) in [5.74, 6) is 1.04. The van der Waals surface area contributed by atoms with Crippen molar-refractivity contribution in [2.45, 2.75) is 45.6 Å². The first kappa shape index (κ1) is 22.8. The molecular formula is C29H29N3O3. The molecule has 0 saturated carbocycles. The van der Waals surface area contributed by atoms with E-state index in [1.807, 2.05) is 48.5 Å².